The fourth-order valence-electron chi connectivity index (χ4n) is 3.20. The van der Waals surface area contributed by atoms with E-state index in [1.807, 2.05) is 0 Å². The summed E-state index contributed by atoms with van der Waals surface area (Å²) in [7, 11) is 0. The van der Waals surface area contributed by atoms with Crippen LogP contribution in [0.2, 0.25) is 0 Å². The zero-order valence-electron chi connectivity index (χ0n) is 12.3. The quantitative estimate of drug-likeness (QED) is 0.880. The van der Waals surface area contributed by atoms with E-state index in [0.29, 0.717) is 28.0 Å². The molecule has 0 radical (unpaired) electrons. The van der Waals surface area contributed by atoms with Crippen LogP contribution in [0.15, 0.2) is 23.1 Å². The zero-order valence-corrected chi connectivity index (χ0v) is 13.1. The summed E-state index contributed by atoms with van der Waals surface area (Å²) in [6.45, 7) is 7.49. The first-order chi connectivity index (χ1) is 9.51. The lowest BCUT2D eigenvalue weighted by molar-refractivity contribution is 0.251. The molecule has 1 aliphatic carbocycles. The molecule has 0 aliphatic heterocycles. The van der Waals surface area contributed by atoms with E-state index in [0.717, 1.165) is 19.4 Å². The fraction of sp³-hybridized carbons (Fsp3) is 0.625. The number of thioether (sulfide) groups is 1. The Labute approximate surface area is 124 Å². The lowest BCUT2D eigenvalue weighted by Crippen LogP contribution is -2.46. The second-order valence-corrected chi connectivity index (χ2v) is 7.10. The molecular formula is C16H23F2NS. The summed E-state index contributed by atoms with van der Waals surface area (Å²) in [6.07, 6.45) is 2.25. The minimum Gasteiger partial charge on any atom is -0.313 e. The van der Waals surface area contributed by atoms with E-state index >= 15 is 0 Å². The molecule has 1 saturated carbocycles. The normalized spacial score (nSPS) is 30.4. The van der Waals surface area contributed by atoms with Crippen molar-refractivity contribution in [2.75, 3.05) is 6.54 Å². The summed E-state index contributed by atoms with van der Waals surface area (Å²) >= 11 is 1.49. The van der Waals surface area contributed by atoms with Gasteiger partial charge in [-0.15, -0.1) is 11.8 Å². The largest absolute Gasteiger partial charge is 0.313 e. The zero-order chi connectivity index (χ0) is 14.7. The highest BCUT2D eigenvalue weighted by molar-refractivity contribution is 8.00. The molecule has 112 valence electrons. The number of halogens is 2. The average molecular weight is 299 g/mol. The van der Waals surface area contributed by atoms with Crippen molar-refractivity contribution < 1.29 is 8.78 Å². The van der Waals surface area contributed by atoms with E-state index in [1.54, 1.807) is 0 Å². The van der Waals surface area contributed by atoms with Crippen LogP contribution in [0.5, 0.6) is 0 Å². The fourth-order valence-corrected chi connectivity index (χ4v) is 4.57. The molecule has 0 aromatic heterocycles. The van der Waals surface area contributed by atoms with E-state index in [4.69, 9.17) is 0 Å². The van der Waals surface area contributed by atoms with Gasteiger partial charge in [-0.25, -0.2) is 8.78 Å². The Kier molecular flexibility index (Phi) is 5.44. The molecule has 0 amide bonds. The number of hydrogen-bond acceptors (Lipinski definition) is 2. The molecule has 1 nitrogen and oxygen atoms in total. The monoisotopic (exact) mass is 299 g/mol. The minimum atomic E-state index is -0.370. The summed E-state index contributed by atoms with van der Waals surface area (Å²) < 4.78 is 27.1. The Morgan fingerprint density at radius 1 is 1.25 bits per heavy atom. The van der Waals surface area contributed by atoms with Crippen molar-refractivity contribution in [3.05, 3.63) is 29.8 Å². The lowest BCUT2D eigenvalue weighted by atomic mass is 9.80. The molecule has 0 saturated heterocycles. The summed E-state index contributed by atoms with van der Waals surface area (Å²) in [4.78, 5) is 0.430. The van der Waals surface area contributed by atoms with Crippen LogP contribution >= 0.6 is 11.8 Å². The maximum atomic E-state index is 13.8. The molecule has 0 spiro atoms. The third kappa shape index (κ3) is 3.73. The van der Waals surface area contributed by atoms with Gasteiger partial charge in [-0.05, 0) is 49.4 Å². The highest BCUT2D eigenvalue weighted by Crippen LogP contribution is 2.40. The van der Waals surface area contributed by atoms with Crippen LogP contribution < -0.4 is 5.32 Å². The SMILES string of the molecule is CCNC1CC(C)CC(C)C1Sc1cc(F)ccc1F. The Morgan fingerprint density at radius 3 is 2.70 bits per heavy atom. The van der Waals surface area contributed by atoms with Gasteiger partial charge in [0, 0.05) is 16.2 Å². The van der Waals surface area contributed by atoms with Crippen LogP contribution in [-0.4, -0.2) is 17.8 Å². The topological polar surface area (TPSA) is 12.0 Å². The van der Waals surface area contributed by atoms with Crippen LogP contribution in [0.25, 0.3) is 0 Å². The van der Waals surface area contributed by atoms with E-state index in [2.05, 4.69) is 26.1 Å². The van der Waals surface area contributed by atoms with Crippen LogP contribution in [-0.2, 0) is 0 Å². The molecule has 2 rings (SSSR count). The second kappa shape index (κ2) is 6.90. The van der Waals surface area contributed by atoms with Crippen molar-refractivity contribution in [2.24, 2.45) is 11.8 Å². The van der Waals surface area contributed by atoms with E-state index in [-0.39, 0.29) is 11.6 Å². The van der Waals surface area contributed by atoms with Gasteiger partial charge < -0.3 is 5.32 Å². The molecule has 4 unspecified atom stereocenters. The second-order valence-electron chi connectivity index (χ2n) is 5.88. The predicted molar refractivity (Wildman–Crippen MR) is 81.0 cm³/mol. The first-order valence-electron chi connectivity index (χ1n) is 7.36. The summed E-state index contributed by atoms with van der Waals surface area (Å²) in [5.74, 6) is 0.488. The number of rotatable bonds is 4. The van der Waals surface area contributed by atoms with Crippen molar-refractivity contribution in [1.29, 1.82) is 0 Å². The Hall–Kier alpha value is -0.610. The summed E-state index contributed by atoms with van der Waals surface area (Å²) in [5.41, 5.74) is 0. The van der Waals surface area contributed by atoms with Gasteiger partial charge in [0.05, 0.1) is 0 Å². The van der Waals surface area contributed by atoms with Crippen LogP contribution in [0.3, 0.4) is 0 Å². The Bertz CT molecular complexity index is 452. The molecule has 1 aromatic carbocycles. The van der Waals surface area contributed by atoms with Gasteiger partial charge in [0.15, 0.2) is 0 Å². The molecule has 0 bridgehead atoms. The maximum Gasteiger partial charge on any atom is 0.136 e. The third-order valence-corrected chi connectivity index (χ3v) is 5.64. The van der Waals surface area contributed by atoms with Gasteiger partial charge in [-0.2, -0.15) is 0 Å². The summed E-state index contributed by atoms with van der Waals surface area (Å²) in [5, 5.41) is 3.81. The molecule has 4 atom stereocenters. The van der Waals surface area contributed by atoms with E-state index < -0.39 is 0 Å². The van der Waals surface area contributed by atoms with Crippen molar-refractivity contribution in [1.82, 2.24) is 5.32 Å². The third-order valence-electron chi connectivity index (χ3n) is 4.01. The van der Waals surface area contributed by atoms with E-state index in [9.17, 15) is 8.78 Å². The van der Waals surface area contributed by atoms with Crippen LogP contribution in [0.4, 0.5) is 8.78 Å². The van der Waals surface area contributed by atoms with Gasteiger partial charge >= 0.3 is 0 Å². The Balaban J connectivity index is 2.17. The predicted octanol–water partition coefficient (Wildman–Crippen LogP) is 4.47. The first kappa shape index (κ1) is 15.8. The molecular weight excluding hydrogens is 276 g/mol. The minimum absolute atomic E-state index is 0.294. The van der Waals surface area contributed by atoms with Crippen LogP contribution in [0, 0.1) is 23.5 Å². The standard InChI is InChI=1S/C16H23F2NS/c1-4-19-14-8-10(2)7-11(3)16(14)20-15-9-12(17)5-6-13(15)18/h5-6,9-11,14,16,19H,4,7-8H2,1-3H3. The number of hydrogen-bond donors (Lipinski definition) is 1. The Morgan fingerprint density at radius 2 is 2.00 bits per heavy atom. The summed E-state index contributed by atoms with van der Waals surface area (Å²) in [6, 6.07) is 4.07. The van der Waals surface area contributed by atoms with Gasteiger partial charge in [-0.3, -0.25) is 0 Å². The smallest absolute Gasteiger partial charge is 0.136 e. The van der Waals surface area contributed by atoms with Gasteiger partial charge in [-0.1, -0.05) is 20.8 Å². The van der Waals surface area contributed by atoms with Gasteiger partial charge in [0.1, 0.15) is 11.6 Å². The maximum absolute atomic E-state index is 13.8. The average Bonchev–Trinajstić information content (AvgIpc) is 2.38. The molecule has 4 heteroatoms. The highest BCUT2D eigenvalue weighted by atomic mass is 32.2. The highest BCUT2D eigenvalue weighted by Gasteiger charge is 2.34. The molecule has 1 aliphatic rings. The molecule has 1 N–H and O–H groups in total. The number of benzene rings is 1. The van der Waals surface area contributed by atoms with Gasteiger partial charge in [0.2, 0.25) is 0 Å². The van der Waals surface area contributed by atoms with Gasteiger partial charge in [0.25, 0.3) is 0 Å². The molecule has 1 fully saturated rings. The molecule has 20 heavy (non-hydrogen) atoms. The first-order valence-corrected chi connectivity index (χ1v) is 8.24. The molecule has 0 heterocycles. The van der Waals surface area contributed by atoms with Crippen molar-refractivity contribution in [3.8, 4) is 0 Å². The van der Waals surface area contributed by atoms with Crippen molar-refractivity contribution in [2.45, 2.75) is 49.8 Å². The lowest BCUT2D eigenvalue weighted by Gasteiger charge is -2.39. The van der Waals surface area contributed by atoms with Crippen molar-refractivity contribution in [3.63, 3.8) is 0 Å². The number of nitrogens with one attached hydrogen (secondary N) is 1. The van der Waals surface area contributed by atoms with E-state index in [1.165, 1.54) is 30.0 Å². The molecule has 1 aromatic rings. The van der Waals surface area contributed by atoms with Crippen LogP contribution in [0.1, 0.15) is 33.6 Å². The van der Waals surface area contributed by atoms with Crippen molar-refractivity contribution >= 4 is 11.8 Å².